The molecule has 0 N–H and O–H groups in total. The lowest BCUT2D eigenvalue weighted by atomic mass is 9.74. The van der Waals surface area contributed by atoms with Crippen LogP contribution in [0.5, 0.6) is 0 Å². The SMILES string of the molecule is Cc1cc(C(Br)C2(CC(C)C)CCCC2)c(F)cc1F. The molecule has 0 nitrogen and oxygen atoms in total. The Morgan fingerprint density at radius 2 is 1.75 bits per heavy atom. The Balaban J connectivity index is 2.37. The maximum Gasteiger partial charge on any atom is 0.130 e. The van der Waals surface area contributed by atoms with Crippen molar-refractivity contribution in [1.82, 2.24) is 0 Å². The van der Waals surface area contributed by atoms with Crippen molar-refractivity contribution in [3.63, 3.8) is 0 Å². The smallest absolute Gasteiger partial charge is 0.130 e. The molecule has 2 rings (SSSR count). The molecule has 3 heteroatoms. The van der Waals surface area contributed by atoms with E-state index >= 15 is 0 Å². The molecule has 1 aliphatic carbocycles. The van der Waals surface area contributed by atoms with Crippen molar-refractivity contribution in [2.75, 3.05) is 0 Å². The van der Waals surface area contributed by atoms with Gasteiger partial charge in [0.15, 0.2) is 0 Å². The standard InChI is InChI=1S/C17H23BrF2/c1-11(2)10-17(6-4-5-7-17)16(18)13-8-12(3)14(19)9-15(13)20/h8-9,11,16H,4-7,10H2,1-3H3. The number of hydrogen-bond donors (Lipinski definition) is 0. The van der Waals surface area contributed by atoms with Crippen LogP contribution in [0, 0.1) is 29.9 Å². The number of hydrogen-bond acceptors (Lipinski definition) is 0. The van der Waals surface area contributed by atoms with Gasteiger partial charge in [-0.15, -0.1) is 0 Å². The van der Waals surface area contributed by atoms with Crippen LogP contribution >= 0.6 is 15.9 Å². The fourth-order valence-electron chi connectivity index (χ4n) is 3.66. The second-order valence-corrected chi connectivity index (χ2v) is 7.57. The van der Waals surface area contributed by atoms with Crippen molar-refractivity contribution in [2.45, 2.75) is 57.7 Å². The molecule has 0 spiro atoms. The summed E-state index contributed by atoms with van der Waals surface area (Å²) in [4.78, 5) is -0.0285. The van der Waals surface area contributed by atoms with Crippen LogP contribution in [0.15, 0.2) is 12.1 Å². The minimum Gasteiger partial charge on any atom is -0.207 e. The molecule has 1 atom stereocenters. The number of rotatable bonds is 4. The minimum atomic E-state index is -0.463. The van der Waals surface area contributed by atoms with Gasteiger partial charge in [-0.1, -0.05) is 42.6 Å². The highest BCUT2D eigenvalue weighted by Gasteiger charge is 2.42. The molecule has 20 heavy (non-hydrogen) atoms. The lowest BCUT2D eigenvalue weighted by Crippen LogP contribution is -2.25. The van der Waals surface area contributed by atoms with Crippen LogP contribution in [-0.4, -0.2) is 0 Å². The van der Waals surface area contributed by atoms with Gasteiger partial charge >= 0.3 is 0 Å². The summed E-state index contributed by atoms with van der Waals surface area (Å²) in [5.74, 6) is -0.307. The Hall–Kier alpha value is -0.440. The Labute approximate surface area is 129 Å². The number of alkyl halides is 1. The van der Waals surface area contributed by atoms with E-state index in [1.807, 2.05) is 0 Å². The fourth-order valence-corrected chi connectivity index (χ4v) is 4.65. The lowest BCUT2D eigenvalue weighted by molar-refractivity contribution is 0.227. The Morgan fingerprint density at radius 3 is 2.30 bits per heavy atom. The van der Waals surface area contributed by atoms with Crippen molar-refractivity contribution in [2.24, 2.45) is 11.3 Å². The van der Waals surface area contributed by atoms with E-state index in [2.05, 4.69) is 29.8 Å². The zero-order valence-electron chi connectivity index (χ0n) is 12.5. The topological polar surface area (TPSA) is 0 Å². The molecule has 0 bridgehead atoms. The molecule has 0 saturated heterocycles. The van der Waals surface area contributed by atoms with Gasteiger partial charge in [0.05, 0.1) is 0 Å². The van der Waals surface area contributed by atoms with Crippen molar-refractivity contribution in [3.8, 4) is 0 Å². The van der Waals surface area contributed by atoms with Gasteiger partial charge in [-0.05, 0) is 49.1 Å². The third-order valence-corrected chi connectivity index (χ3v) is 5.97. The van der Waals surface area contributed by atoms with Gasteiger partial charge in [0.25, 0.3) is 0 Å². The second-order valence-electron chi connectivity index (χ2n) is 6.65. The van der Waals surface area contributed by atoms with Crippen LogP contribution in [-0.2, 0) is 0 Å². The van der Waals surface area contributed by atoms with Gasteiger partial charge < -0.3 is 0 Å². The molecular formula is C17H23BrF2. The summed E-state index contributed by atoms with van der Waals surface area (Å²) in [5.41, 5.74) is 1.24. The van der Waals surface area contributed by atoms with E-state index in [1.54, 1.807) is 13.0 Å². The van der Waals surface area contributed by atoms with Crippen LogP contribution < -0.4 is 0 Å². The number of halogens is 3. The van der Waals surface area contributed by atoms with Crippen molar-refractivity contribution in [3.05, 3.63) is 34.9 Å². The summed E-state index contributed by atoms with van der Waals surface area (Å²) in [6.07, 6.45) is 5.74. The first kappa shape index (κ1) is 15.9. The molecule has 112 valence electrons. The Bertz CT molecular complexity index is 476. The van der Waals surface area contributed by atoms with Gasteiger partial charge in [-0.3, -0.25) is 0 Å². The van der Waals surface area contributed by atoms with Crippen LogP contribution in [0.4, 0.5) is 8.78 Å². The number of benzene rings is 1. The van der Waals surface area contributed by atoms with Gasteiger partial charge in [0.2, 0.25) is 0 Å². The van der Waals surface area contributed by atoms with Crippen LogP contribution in [0.25, 0.3) is 0 Å². The maximum absolute atomic E-state index is 14.2. The summed E-state index contributed by atoms with van der Waals surface area (Å²) in [6.45, 7) is 6.12. The van der Waals surface area contributed by atoms with E-state index in [9.17, 15) is 8.78 Å². The van der Waals surface area contributed by atoms with Gasteiger partial charge in [-0.25, -0.2) is 8.78 Å². The molecule has 0 aliphatic heterocycles. The molecule has 1 aromatic carbocycles. The molecule has 0 radical (unpaired) electrons. The van der Waals surface area contributed by atoms with Crippen LogP contribution in [0.3, 0.4) is 0 Å². The molecule has 1 saturated carbocycles. The average Bonchev–Trinajstić information content (AvgIpc) is 2.81. The summed E-state index contributed by atoms with van der Waals surface area (Å²) in [7, 11) is 0. The van der Waals surface area contributed by atoms with Gasteiger partial charge in [0, 0.05) is 16.5 Å². The largest absolute Gasteiger partial charge is 0.207 e. The van der Waals surface area contributed by atoms with E-state index in [4.69, 9.17) is 0 Å². The van der Waals surface area contributed by atoms with Gasteiger partial charge in [-0.2, -0.15) is 0 Å². The molecule has 1 unspecified atom stereocenters. The monoisotopic (exact) mass is 344 g/mol. The molecule has 1 aliphatic rings. The zero-order chi connectivity index (χ0) is 14.9. The molecule has 1 fully saturated rings. The molecule has 0 amide bonds. The van der Waals surface area contributed by atoms with Crippen LogP contribution in [0.1, 0.15) is 61.9 Å². The number of aryl methyl sites for hydroxylation is 1. The first-order valence-corrected chi connectivity index (χ1v) is 8.37. The second kappa shape index (κ2) is 6.13. The van der Waals surface area contributed by atoms with Crippen molar-refractivity contribution < 1.29 is 8.78 Å². The Kier molecular flexibility index (Phi) is 4.88. The zero-order valence-corrected chi connectivity index (χ0v) is 14.1. The van der Waals surface area contributed by atoms with Crippen molar-refractivity contribution in [1.29, 1.82) is 0 Å². The third kappa shape index (κ3) is 3.08. The van der Waals surface area contributed by atoms with E-state index in [-0.39, 0.29) is 10.2 Å². The molecule has 0 aromatic heterocycles. The average molecular weight is 345 g/mol. The first-order chi connectivity index (χ1) is 9.35. The predicted octanol–water partition coefficient (Wildman–Crippen LogP) is 6.32. The van der Waals surface area contributed by atoms with E-state index in [1.165, 1.54) is 12.8 Å². The predicted molar refractivity (Wildman–Crippen MR) is 83.1 cm³/mol. The van der Waals surface area contributed by atoms with E-state index in [0.29, 0.717) is 17.0 Å². The normalized spacial score (nSPS) is 19.6. The van der Waals surface area contributed by atoms with Gasteiger partial charge in [0.1, 0.15) is 11.6 Å². The maximum atomic E-state index is 14.2. The Morgan fingerprint density at radius 1 is 1.15 bits per heavy atom. The highest BCUT2D eigenvalue weighted by atomic mass is 79.9. The summed E-state index contributed by atoms with van der Waals surface area (Å²) >= 11 is 3.75. The summed E-state index contributed by atoms with van der Waals surface area (Å²) in [6, 6.07) is 2.70. The highest BCUT2D eigenvalue weighted by molar-refractivity contribution is 9.09. The molecule has 0 heterocycles. The van der Waals surface area contributed by atoms with E-state index < -0.39 is 11.6 Å². The van der Waals surface area contributed by atoms with E-state index in [0.717, 1.165) is 25.3 Å². The minimum absolute atomic E-state index is 0.0285. The van der Waals surface area contributed by atoms with Crippen molar-refractivity contribution >= 4 is 15.9 Å². The lowest BCUT2D eigenvalue weighted by Gasteiger charge is -2.36. The quantitative estimate of drug-likeness (QED) is 0.561. The molecule has 1 aromatic rings. The first-order valence-electron chi connectivity index (χ1n) is 7.45. The summed E-state index contributed by atoms with van der Waals surface area (Å²) < 4.78 is 27.6. The fraction of sp³-hybridized carbons (Fsp3) is 0.647. The molecular weight excluding hydrogens is 322 g/mol. The highest BCUT2D eigenvalue weighted by Crippen LogP contribution is 2.55. The third-order valence-electron chi connectivity index (χ3n) is 4.50. The summed E-state index contributed by atoms with van der Waals surface area (Å²) in [5, 5.41) is 0. The van der Waals surface area contributed by atoms with Crippen LogP contribution in [0.2, 0.25) is 0 Å².